The number of fused-ring (bicyclic) bond motifs is 4. The third-order valence-electron chi connectivity index (χ3n) is 16.1. The molecule has 368 valence electrons. The number of anilines is 1. The molecule has 12 rings (SSSR count). The molecule has 17 heteroatoms. The van der Waals surface area contributed by atoms with Gasteiger partial charge in [0.05, 0.1) is 41.3 Å². The molecule has 2 aromatic heterocycles. The average Bonchev–Trinajstić information content (AvgIpc) is 4.24. The molecule has 0 radical (unpaired) electrons. The number of alkyl carbamates (subject to hydrolysis) is 1. The first kappa shape index (κ1) is 45.3. The fraction of sp³-hybridized carbons (Fsp3) is 0.444. The van der Waals surface area contributed by atoms with Crippen LogP contribution in [0.4, 0.5) is 15.3 Å². The first-order chi connectivity index (χ1) is 34.8. The van der Waals surface area contributed by atoms with Crippen LogP contribution in [0.1, 0.15) is 117 Å². The zero-order chi connectivity index (χ0) is 48.2. The number of aromatic amines is 2. The molecule has 6 aromatic rings. The van der Waals surface area contributed by atoms with Crippen LogP contribution in [-0.2, 0) is 30.3 Å². The second kappa shape index (κ2) is 19.1. The molecule has 6 aliphatic rings. The van der Waals surface area contributed by atoms with Crippen molar-refractivity contribution >= 4 is 51.7 Å². The number of methoxy groups -OCH3 is 1. The second-order valence-corrected chi connectivity index (χ2v) is 20.1. The zero-order valence-electron chi connectivity index (χ0n) is 39.9. The molecule has 4 aromatic carbocycles. The summed E-state index contributed by atoms with van der Waals surface area (Å²) in [7, 11) is 1.30. The number of carbonyl (C=O) groups excluding carboxylic acids is 4. The van der Waals surface area contributed by atoms with Crippen molar-refractivity contribution in [2.75, 3.05) is 31.9 Å². The van der Waals surface area contributed by atoms with Crippen LogP contribution in [0.15, 0.2) is 97.1 Å². The highest BCUT2D eigenvalue weighted by atomic mass is 16.9. The van der Waals surface area contributed by atoms with Gasteiger partial charge in [0.15, 0.2) is 6.79 Å². The highest BCUT2D eigenvalue weighted by molar-refractivity contribution is 5.96. The molecule has 6 heterocycles. The molecule has 4 aliphatic heterocycles. The van der Waals surface area contributed by atoms with Gasteiger partial charge in [0.1, 0.15) is 23.7 Å². The molecule has 5 amide bonds. The van der Waals surface area contributed by atoms with Crippen LogP contribution in [-0.4, -0.2) is 104 Å². The summed E-state index contributed by atoms with van der Waals surface area (Å²) in [5, 5.41) is 6.13. The zero-order valence-corrected chi connectivity index (χ0v) is 39.9. The van der Waals surface area contributed by atoms with Crippen LogP contribution >= 0.6 is 0 Å². The Bertz CT molecular complexity index is 2940. The van der Waals surface area contributed by atoms with Gasteiger partial charge in [-0.25, -0.2) is 19.6 Å². The smallest absolute Gasteiger partial charge is 0.407 e. The largest absolute Gasteiger partial charge is 0.453 e. The standard InChI is InChI=1S/C54H60N10O7/c1-69-52(67)59-46(33-12-4-2-5-13-33)50(65)63-42-18-10-8-16-35(42)27-44(63)48-55-38-22-20-32(26-40(38)57-48)30-61-24-25-62(54(61)68)37-21-23-39-41(29-37)58-49(56-39)45-28-36-17-9-11-19-43(36)64(45)51(66)47(60-53-70-31-71-53)34-14-6-3-7-15-34/h2-7,12-15,20-23,26,29,35-36,42-47,53,60H,8-11,16-19,24-25,27-28,30-31H2,1H3,(H,55,57)(H,56,58)(H,59,67)/t35-,36-,42-,43-,44+,45+,46-,47-/m1/s1. The highest BCUT2D eigenvalue weighted by Gasteiger charge is 2.50. The Kier molecular flexibility index (Phi) is 12.2. The molecule has 4 N–H and O–H groups in total. The lowest BCUT2D eigenvalue weighted by Crippen LogP contribution is -2.52. The molecule has 6 fully saturated rings. The number of nitrogens with one attached hydrogen (secondary N) is 4. The van der Waals surface area contributed by atoms with Gasteiger partial charge < -0.3 is 44.2 Å². The van der Waals surface area contributed by atoms with Crippen molar-refractivity contribution in [1.29, 1.82) is 0 Å². The summed E-state index contributed by atoms with van der Waals surface area (Å²) < 4.78 is 16.1. The molecule has 17 nitrogen and oxygen atoms in total. The van der Waals surface area contributed by atoms with E-state index in [2.05, 4.69) is 25.5 Å². The minimum absolute atomic E-state index is 0.0149. The lowest BCUT2D eigenvalue weighted by atomic mass is 9.84. The van der Waals surface area contributed by atoms with E-state index in [1.165, 1.54) is 7.11 Å². The van der Waals surface area contributed by atoms with Crippen molar-refractivity contribution in [3.63, 3.8) is 0 Å². The number of rotatable bonds is 12. The number of urea groups is 1. The lowest BCUT2D eigenvalue weighted by Gasteiger charge is -2.38. The predicted molar refractivity (Wildman–Crippen MR) is 263 cm³/mol. The minimum Gasteiger partial charge on any atom is -0.453 e. The monoisotopic (exact) mass is 960 g/mol. The van der Waals surface area contributed by atoms with E-state index in [4.69, 9.17) is 24.2 Å². The quantitative estimate of drug-likeness (QED) is 0.0929. The summed E-state index contributed by atoms with van der Waals surface area (Å²) in [5.41, 5.74) is 6.49. The Morgan fingerprint density at radius 3 is 1.86 bits per heavy atom. The molecule has 0 unspecified atom stereocenters. The molecule has 2 aliphatic carbocycles. The highest BCUT2D eigenvalue weighted by Crippen LogP contribution is 2.49. The second-order valence-electron chi connectivity index (χ2n) is 20.1. The third-order valence-corrected chi connectivity index (χ3v) is 16.1. The van der Waals surface area contributed by atoms with E-state index in [1.807, 2.05) is 112 Å². The number of H-pyrrole nitrogens is 2. The number of hydrogen-bond acceptors (Lipinski definition) is 10. The average molecular weight is 961 g/mol. The number of likely N-dealkylation sites (tertiary alicyclic amines) is 2. The molecule has 0 spiro atoms. The van der Waals surface area contributed by atoms with E-state index in [-0.39, 0.29) is 48.8 Å². The van der Waals surface area contributed by atoms with Crippen molar-refractivity contribution in [1.82, 2.24) is 45.3 Å². The minimum atomic E-state index is -0.908. The number of ether oxygens (including phenoxy) is 3. The Hall–Kier alpha value is -6.82. The Labute approximate surface area is 411 Å². The summed E-state index contributed by atoms with van der Waals surface area (Å²) >= 11 is 0. The van der Waals surface area contributed by atoms with Crippen LogP contribution in [0.25, 0.3) is 22.1 Å². The van der Waals surface area contributed by atoms with E-state index < -0.39 is 24.6 Å². The molecular weight excluding hydrogens is 901 g/mol. The number of imidazole rings is 2. The summed E-state index contributed by atoms with van der Waals surface area (Å²) in [6.07, 6.45) is 8.68. The molecule has 2 saturated carbocycles. The number of aromatic nitrogens is 4. The van der Waals surface area contributed by atoms with E-state index in [0.717, 1.165) is 115 Å². The van der Waals surface area contributed by atoms with Gasteiger partial charge in [-0.2, -0.15) is 0 Å². The maximum absolute atomic E-state index is 14.8. The van der Waals surface area contributed by atoms with Crippen LogP contribution in [0.3, 0.4) is 0 Å². The summed E-state index contributed by atoms with van der Waals surface area (Å²) in [6, 6.07) is 29.1. The van der Waals surface area contributed by atoms with Gasteiger partial charge in [-0.1, -0.05) is 92.4 Å². The first-order valence-corrected chi connectivity index (χ1v) is 25.4. The Morgan fingerprint density at radius 2 is 1.27 bits per heavy atom. The fourth-order valence-electron chi connectivity index (χ4n) is 12.6. The molecule has 4 saturated heterocycles. The van der Waals surface area contributed by atoms with Crippen molar-refractivity contribution in [2.24, 2.45) is 11.8 Å². The van der Waals surface area contributed by atoms with Crippen LogP contribution in [0, 0.1) is 11.8 Å². The van der Waals surface area contributed by atoms with Gasteiger partial charge in [0.25, 0.3) is 5.91 Å². The van der Waals surface area contributed by atoms with E-state index >= 15 is 0 Å². The molecule has 71 heavy (non-hydrogen) atoms. The van der Waals surface area contributed by atoms with Crippen molar-refractivity contribution in [2.45, 2.75) is 113 Å². The predicted octanol–water partition coefficient (Wildman–Crippen LogP) is 8.26. The van der Waals surface area contributed by atoms with Crippen molar-refractivity contribution in [3.05, 3.63) is 125 Å². The lowest BCUT2D eigenvalue weighted by molar-refractivity contribution is -0.335. The van der Waals surface area contributed by atoms with Gasteiger partial charge in [0.2, 0.25) is 12.3 Å². The molecule has 0 bridgehead atoms. The SMILES string of the molecule is COC(=O)N[C@@H](C(=O)N1[C@@H]2CCCC[C@@H]2C[C@H]1c1nc2cc(CN3CCN(c4ccc5[nH]c([C@@H]6C[C@H]7CCCC[C@H]7N6C(=O)[C@H](NC6OCO6)c6ccccc6)nc5c4)C3=O)ccc2[nH]1)c1ccccc1. The fourth-order valence-corrected chi connectivity index (χ4v) is 12.6. The van der Waals surface area contributed by atoms with Gasteiger partial charge in [-0.15, -0.1) is 0 Å². The number of hydrogen-bond donors (Lipinski definition) is 4. The van der Waals surface area contributed by atoms with Crippen LogP contribution in [0.5, 0.6) is 0 Å². The third kappa shape index (κ3) is 8.56. The van der Waals surface area contributed by atoms with E-state index in [1.54, 1.807) is 0 Å². The normalized spacial score (nSPS) is 25.3. The Balaban J connectivity index is 0.759. The van der Waals surface area contributed by atoms with Crippen LogP contribution < -0.4 is 15.5 Å². The first-order valence-electron chi connectivity index (χ1n) is 25.4. The number of amides is 5. The van der Waals surface area contributed by atoms with Crippen molar-refractivity contribution in [3.8, 4) is 0 Å². The number of nitrogens with zero attached hydrogens (tertiary/aromatic N) is 6. The maximum Gasteiger partial charge on any atom is 0.407 e. The summed E-state index contributed by atoms with van der Waals surface area (Å²) in [4.78, 5) is 81.4. The van der Waals surface area contributed by atoms with Gasteiger partial charge in [0, 0.05) is 37.4 Å². The summed E-state index contributed by atoms with van der Waals surface area (Å²) in [5.74, 6) is 2.00. The van der Waals surface area contributed by atoms with E-state index in [0.29, 0.717) is 37.0 Å². The van der Waals surface area contributed by atoms with Crippen molar-refractivity contribution < 1.29 is 33.4 Å². The van der Waals surface area contributed by atoms with E-state index in [9.17, 15) is 19.2 Å². The number of carbonyl (C=O) groups is 4. The van der Waals surface area contributed by atoms with Crippen LogP contribution in [0.2, 0.25) is 0 Å². The topological polar surface area (TPSA) is 190 Å². The maximum atomic E-state index is 14.8. The Morgan fingerprint density at radius 1 is 0.704 bits per heavy atom. The molecule has 8 atom stereocenters. The van der Waals surface area contributed by atoms with Gasteiger partial charge in [-0.05, 0) is 97.4 Å². The van der Waals surface area contributed by atoms with Gasteiger partial charge in [-0.3, -0.25) is 19.8 Å². The summed E-state index contributed by atoms with van der Waals surface area (Å²) in [6.45, 7) is 1.67. The number of benzene rings is 4. The molecular formula is C54H60N10O7. The van der Waals surface area contributed by atoms with Gasteiger partial charge >= 0.3 is 12.1 Å².